The van der Waals surface area contributed by atoms with Gasteiger partial charge in [-0.2, -0.15) is 0 Å². The molecule has 0 aliphatic carbocycles. The van der Waals surface area contributed by atoms with Crippen LogP contribution in [0.15, 0.2) is 16.9 Å². The predicted octanol–water partition coefficient (Wildman–Crippen LogP) is 0.667. The highest BCUT2D eigenvalue weighted by molar-refractivity contribution is 5.73. The highest BCUT2D eigenvalue weighted by Crippen LogP contribution is 2.15. The molecular weight excluding hydrogens is 154 g/mol. The molecule has 4 heteroatoms. The van der Waals surface area contributed by atoms with Gasteiger partial charge in [0.2, 0.25) is 0 Å². The molecule has 0 unspecified atom stereocenters. The summed E-state index contributed by atoms with van der Waals surface area (Å²) in [6.07, 6.45) is 4.16. The van der Waals surface area contributed by atoms with E-state index >= 15 is 0 Å². The zero-order valence-corrected chi connectivity index (χ0v) is 6.95. The first-order valence-electron chi connectivity index (χ1n) is 3.90. The lowest BCUT2D eigenvalue weighted by Crippen LogP contribution is -2.07. The Kier molecular flexibility index (Phi) is 1.62. The second kappa shape index (κ2) is 2.64. The number of rotatable bonds is 2. The molecule has 0 saturated heterocycles. The van der Waals surface area contributed by atoms with E-state index in [1.807, 2.05) is 11.6 Å². The number of aromatic nitrogens is 2. The smallest absolute Gasteiger partial charge is 0.127 e. The van der Waals surface area contributed by atoms with Gasteiger partial charge >= 0.3 is 0 Å². The number of imidazole rings is 1. The van der Waals surface area contributed by atoms with Crippen LogP contribution in [0, 0.1) is 0 Å². The third kappa shape index (κ3) is 0.921. The van der Waals surface area contributed by atoms with E-state index in [1.54, 1.807) is 12.5 Å². The molecule has 0 aliphatic heterocycles. The Hall–Kier alpha value is -1.29. The molecule has 2 heterocycles. The molecule has 2 N–H and O–H groups in total. The summed E-state index contributed by atoms with van der Waals surface area (Å²) in [6.45, 7) is 0.630. The Balaban J connectivity index is 2.55. The van der Waals surface area contributed by atoms with Crippen molar-refractivity contribution in [3.8, 4) is 0 Å². The van der Waals surface area contributed by atoms with E-state index in [0.717, 1.165) is 23.3 Å². The van der Waals surface area contributed by atoms with Crippen LogP contribution in [-0.4, -0.2) is 16.1 Å². The average Bonchev–Trinajstić information content (AvgIpc) is 2.58. The largest absolute Gasteiger partial charge is 0.468 e. The molecule has 0 saturated carbocycles. The van der Waals surface area contributed by atoms with Crippen LogP contribution in [0.4, 0.5) is 0 Å². The van der Waals surface area contributed by atoms with Gasteiger partial charge in [-0.15, -0.1) is 0 Å². The average molecular weight is 165 g/mol. The van der Waals surface area contributed by atoms with Crippen LogP contribution >= 0.6 is 0 Å². The summed E-state index contributed by atoms with van der Waals surface area (Å²) in [7, 11) is 1.97. The third-order valence-electron chi connectivity index (χ3n) is 1.99. The molecule has 0 atom stereocenters. The van der Waals surface area contributed by atoms with Crippen molar-refractivity contribution < 1.29 is 4.42 Å². The summed E-state index contributed by atoms with van der Waals surface area (Å²) in [5, 5.41) is 0. The number of nitrogens with two attached hydrogens (primary N) is 1. The molecule has 12 heavy (non-hydrogen) atoms. The first-order valence-corrected chi connectivity index (χ1v) is 3.90. The lowest BCUT2D eigenvalue weighted by atomic mass is 10.4. The van der Waals surface area contributed by atoms with Crippen molar-refractivity contribution in [2.24, 2.45) is 12.8 Å². The molecule has 0 aromatic carbocycles. The van der Waals surface area contributed by atoms with Gasteiger partial charge in [0, 0.05) is 13.5 Å². The van der Waals surface area contributed by atoms with Crippen molar-refractivity contribution in [2.45, 2.75) is 6.42 Å². The highest BCUT2D eigenvalue weighted by atomic mass is 16.3. The van der Waals surface area contributed by atoms with Crippen molar-refractivity contribution in [1.82, 2.24) is 9.55 Å². The summed E-state index contributed by atoms with van der Waals surface area (Å²) in [5.74, 6) is 1.01. The van der Waals surface area contributed by atoms with Crippen LogP contribution in [0.5, 0.6) is 0 Å². The lowest BCUT2D eigenvalue weighted by Gasteiger charge is -1.97. The number of hydrogen-bond acceptors (Lipinski definition) is 3. The monoisotopic (exact) mass is 165 g/mol. The minimum Gasteiger partial charge on any atom is -0.468 e. The van der Waals surface area contributed by atoms with Gasteiger partial charge in [0.1, 0.15) is 29.4 Å². The van der Waals surface area contributed by atoms with Crippen LogP contribution < -0.4 is 5.73 Å². The molecule has 0 amide bonds. The van der Waals surface area contributed by atoms with E-state index in [1.165, 1.54) is 0 Å². The first-order chi connectivity index (χ1) is 5.83. The van der Waals surface area contributed by atoms with Crippen molar-refractivity contribution in [3.05, 3.63) is 18.4 Å². The second-order valence-corrected chi connectivity index (χ2v) is 2.77. The molecule has 2 aromatic heterocycles. The molecule has 0 spiro atoms. The Morgan fingerprint density at radius 2 is 2.42 bits per heavy atom. The van der Waals surface area contributed by atoms with Crippen molar-refractivity contribution in [2.75, 3.05) is 6.54 Å². The number of hydrogen-bond donors (Lipinski definition) is 1. The van der Waals surface area contributed by atoms with Crippen molar-refractivity contribution in [1.29, 1.82) is 0 Å². The maximum Gasteiger partial charge on any atom is 0.127 e. The van der Waals surface area contributed by atoms with Gasteiger partial charge in [-0.1, -0.05) is 0 Å². The van der Waals surface area contributed by atoms with Crippen molar-refractivity contribution >= 4 is 11.0 Å². The summed E-state index contributed by atoms with van der Waals surface area (Å²) < 4.78 is 7.01. The molecule has 0 aliphatic rings. The van der Waals surface area contributed by atoms with Gasteiger partial charge in [-0.25, -0.2) is 4.98 Å². The minimum atomic E-state index is 0.630. The Labute approximate surface area is 70.0 Å². The molecule has 64 valence electrons. The van der Waals surface area contributed by atoms with Crippen molar-refractivity contribution in [3.63, 3.8) is 0 Å². The maximum absolute atomic E-state index is 5.44. The van der Waals surface area contributed by atoms with Crippen LogP contribution in [-0.2, 0) is 13.5 Å². The fraction of sp³-hybridized carbons (Fsp3) is 0.375. The van der Waals surface area contributed by atoms with Gasteiger partial charge < -0.3 is 14.7 Å². The fourth-order valence-electron chi connectivity index (χ4n) is 1.32. The van der Waals surface area contributed by atoms with E-state index in [9.17, 15) is 0 Å². The SMILES string of the molecule is Cn1c(CCN)nc2cocc21. The zero-order chi connectivity index (χ0) is 8.55. The lowest BCUT2D eigenvalue weighted by molar-refractivity contribution is 0.567. The van der Waals surface area contributed by atoms with E-state index in [2.05, 4.69) is 4.98 Å². The molecule has 0 radical (unpaired) electrons. The first kappa shape index (κ1) is 7.36. The van der Waals surface area contributed by atoms with Gasteiger partial charge in [0.15, 0.2) is 0 Å². The Morgan fingerprint density at radius 3 is 3.08 bits per heavy atom. The quantitative estimate of drug-likeness (QED) is 0.711. The number of nitrogens with zero attached hydrogens (tertiary/aromatic N) is 2. The van der Waals surface area contributed by atoms with Crippen LogP contribution in [0.3, 0.4) is 0 Å². The number of furan rings is 1. The minimum absolute atomic E-state index is 0.630. The van der Waals surface area contributed by atoms with Gasteiger partial charge in [0.05, 0.1) is 0 Å². The Bertz CT molecular complexity index is 388. The molecule has 0 bridgehead atoms. The second-order valence-electron chi connectivity index (χ2n) is 2.77. The molecule has 2 rings (SSSR count). The molecule has 2 aromatic rings. The topological polar surface area (TPSA) is 57.0 Å². The predicted molar refractivity (Wildman–Crippen MR) is 45.7 cm³/mol. The van der Waals surface area contributed by atoms with E-state index in [0.29, 0.717) is 6.54 Å². The molecule has 0 fully saturated rings. The molecule has 4 nitrogen and oxygen atoms in total. The Morgan fingerprint density at radius 1 is 1.58 bits per heavy atom. The van der Waals surface area contributed by atoms with Gasteiger partial charge in [-0.05, 0) is 6.54 Å². The third-order valence-corrected chi connectivity index (χ3v) is 1.99. The zero-order valence-electron chi connectivity index (χ0n) is 6.95. The highest BCUT2D eigenvalue weighted by Gasteiger charge is 2.07. The van der Waals surface area contributed by atoms with E-state index in [4.69, 9.17) is 10.2 Å². The van der Waals surface area contributed by atoms with Crippen LogP contribution in [0.2, 0.25) is 0 Å². The van der Waals surface area contributed by atoms with E-state index in [-0.39, 0.29) is 0 Å². The normalized spacial score (nSPS) is 11.2. The van der Waals surface area contributed by atoms with Crippen LogP contribution in [0.1, 0.15) is 5.82 Å². The summed E-state index contributed by atoms with van der Waals surface area (Å²) in [4.78, 5) is 4.35. The van der Waals surface area contributed by atoms with Gasteiger partial charge in [0.25, 0.3) is 0 Å². The van der Waals surface area contributed by atoms with Crippen LogP contribution in [0.25, 0.3) is 11.0 Å². The fourth-order valence-corrected chi connectivity index (χ4v) is 1.32. The standard InChI is InChI=1S/C8H11N3O/c1-11-7-5-12-4-6(7)10-8(11)2-3-9/h4-5H,2-3,9H2,1H3. The number of fused-ring (bicyclic) bond motifs is 1. The summed E-state index contributed by atoms with van der Waals surface area (Å²) in [6, 6.07) is 0. The van der Waals surface area contributed by atoms with E-state index < -0.39 is 0 Å². The summed E-state index contributed by atoms with van der Waals surface area (Å²) in [5.41, 5.74) is 7.37. The summed E-state index contributed by atoms with van der Waals surface area (Å²) >= 11 is 0. The number of aryl methyl sites for hydroxylation is 1. The van der Waals surface area contributed by atoms with Gasteiger partial charge in [-0.3, -0.25) is 0 Å². The maximum atomic E-state index is 5.44. The molecular formula is C8H11N3O.